The summed E-state index contributed by atoms with van der Waals surface area (Å²) in [5.41, 5.74) is 3.21. The molecule has 1 heterocycles. The minimum absolute atomic E-state index is 0.183. The summed E-state index contributed by atoms with van der Waals surface area (Å²) < 4.78 is 1.91. The monoisotopic (exact) mass is 218 g/mol. The highest BCUT2D eigenvalue weighted by atomic mass is 16.6. The van der Waals surface area contributed by atoms with E-state index in [1.807, 2.05) is 24.6 Å². The predicted octanol–water partition coefficient (Wildman–Crippen LogP) is 2.96. The first-order valence-electron chi connectivity index (χ1n) is 5.29. The molecule has 0 saturated heterocycles. The Kier molecular flexibility index (Phi) is 2.42. The van der Waals surface area contributed by atoms with Gasteiger partial charge in [-0.05, 0) is 18.9 Å². The van der Waals surface area contributed by atoms with Crippen molar-refractivity contribution in [1.29, 1.82) is 0 Å². The number of non-ortho nitro benzene ring substituents is 1. The first-order chi connectivity index (χ1) is 7.57. The van der Waals surface area contributed by atoms with Crippen molar-refractivity contribution in [2.45, 2.75) is 20.3 Å². The van der Waals surface area contributed by atoms with Crippen molar-refractivity contribution in [3.63, 3.8) is 0 Å². The predicted molar refractivity (Wildman–Crippen MR) is 63.7 cm³/mol. The lowest BCUT2D eigenvalue weighted by Crippen LogP contribution is -1.95. The number of para-hydroxylation sites is 1. The van der Waals surface area contributed by atoms with Gasteiger partial charge < -0.3 is 4.57 Å². The van der Waals surface area contributed by atoms with Crippen LogP contribution in [-0.2, 0) is 13.5 Å². The van der Waals surface area contributed by atoms with E-state index in [0.29, 0.717) is 0 Å². The number of aryl methyl sites for hydroxylation is 2. The van der Waals surface area contributed by atoms with Crippen LogP contribution in [0.15, 0.2) is 18.2 Å². The molecule has 0 aliphatic rings. The average molecular weight is 218 g/mol. The number of aromatic nitrogens is 1. The molecule has 0 atom stereocenters. The summed E-state index contributed by atoms with van der Waals surface area (Å²) in [6, 6.07) is 5.26. The minimum atomic E-state index is -0.318. The van der Waals surface area contributed by atoms with Crippen LogP contribution in [0.5, 0.6) is 0 Å². The molecule has 2 aromatic rings. The lowest BCUT2D eigenvalue weighted by atomic mass is 10.1. The molecule has 16 heavy (non-hydrogen) atoms. The molecule has 4 nitrogen and oxygen atoms in total. The molecule has 0 N–H and O–H groups in total. The van der Waals surface area contributed by atoms with Gasteiger partial charge >= 0.3 is 0 Å². The maximum atomic E-state index is 11.0. The molecule has 0 bridgehead atoms. The summed E-state index contributed by atoms with van der Waals surface area (Å²) in [5, 5.41) is 12.0. The lowest BCUT2D eigenvalue weighted by molar-refractivity contribution is -0.383. The number of nitro groups is 1. The Balaban J connectivity index is 2.94. The van der Waals surface area contributed by atoms with E-state index < -0.39 is 0 Å². The van der Waals surface area contributed by atoms with Gasteiger partial charge in [-0.1, -0.05) is 19.1 Å². The summed E-state index contributed by atoms with van der Waals surface area (Å²) in [5.74, 6) is 0. The molecule has 0 spiro atoms. The van der Waals surface area contributed by atoms with Gasteiger partial charge in [0.25, 0.3) is 5.69 Å². The summed E-state index contributed by atoms with van der Waals surface area (Å²) in [7, 11) is 1.88. The minimum Gasteiger partial charge on any atom is -0.342 e. The molecule has 4 heteroatoms. The molecule has 0 aliphatic heterocycles. The largest absolute Gasteiger partial charge is 0.342 e. The van der Waals surface area contributed by atoms with Gasteiger partial charge in [0.15, 0.2) is 0 Å². The number of nitro benzene ring substituents is 1. The van der Waals surface area contributed by atoms with Crippen molar-refractivity contribution in [3.8, 4) is 0 Å². The second-order valence-corrected chi connectivity index (χ2v) is 3.91. The maximum absolute atomic E-state index is 11.0. The van der Waals surface area contributed by atoms with E-state index in [1.165, 1.54) is 5.56 Å². The smallest absolute Gasteiger partial charge is 0.293 e. The zero-order chi connectivity index (χ0) is 11.9. The van der Waals surface area contributed by atoms with E-state index in [1.54, 1.807) is 12.1 Å². The Morgan fingerprint density at radius 2 is 2.12 bits per heavy atom. The number of nitrogens with zero attached hydrogens (tertiary/aromatic N) is 2. The Bertz CT molecular complexity index is 570. The Morgan fingerprint density at radius 3 is 2.69 bits per heavy atom. The molecule has 0 saturated carbocycles. The highest BCUT2D eigenvalue weighted by molar-refractivity contribution is 5.92. The molecular formula is C12H14N2O2. The van der Waals surface area contributed by atoms with Crippen molar-refractivity contribution < 1.29 is 4.92 Å². The van der Waals surface area contributed by atoms with E-state index in [9.17, 15) is 10.1 Å². The first kappa shape index (κ1) is 10.7. The van der Waals surface area contributed by atoms with E-state index in [4.69, 9.17) is 0 Å². The third kappa shape index (κ3) is 1.30. The third-order valence-corrected chi connectivity index (χ3v) is 3.17. The third-order valence-electron chi connectivity index (χ3n) is 3.17. The normalized spacial score (nSPS) is 10.9. The number of fused-ring (bicyclic) bond motifs is 1. The second kappa shape index (κ2) is 3.63. The molecule has 0 unspecified atom stereocenters. The van der Waals surface area contributed by atoms with Crippen LogP contribution >= 0.6 is 0 Å². The van der Waals surface area contributed by atoms with Gasteiger partial charge in [-0.15, -0.1) is 0 Å². The molecule has 84 valence electrons. The highest BCUT2D eigenvalue weighted by Gasteiger charge is 2.19. The van der Waals surface area contributed by atoms with Gasteiger partial charge in [-0.25, -0.2) is 0 Å². The summed E-state index contributed by atoms with van der Waals surface area (Å²) >= 11 is 0. The van der Waals surface area contributed by atoms with Crippen molar-refractivity contribution >= 4 is 16.6 Å². The van der Waals surface area contributed by atoms with Crippen molar-refractivity contribution in [3.05, 3.63) is 39.6 Å². The van der Waals surface area contributed by atoms with Gasteiger partial charge in [0.1, 0.15) is 5.52 Å². The fourth-order valence-electron chi connectivity index (χ4n) is 2.29. The fraction of sp³-hybridized carbons (Fsp3) is 0.333. The Labute approximate surface area is 93.6 Å². The van der Waals surface area contributed by atoms with Crippen LogP contribution in [0, 0.1) is 17.0 Å². The second-order valence-electron chi connectivity index (χ2n) is 3.91. The van der Waals surface area contributed by atoms with Crippen LogP contribution in [0.25, 0.3) is 10.9 Å². The van der Waals surface area contributed by atoms with Crippen molar-refractivity contribution in [1.82, 2.24) is 4.57 Å². The van der Waals surface area contributed by atoms with Crippen molar-refractivity contribution in [2.75, 3.05) is 0 Å². The SMILES string of the molecule is CCc1c(C)n(C)c2c([N+](=O)[O-])cccc12. The molecule has 1 aromatic heterocycles. The van der Waals surface area contributed by atoms with Crippen molar-refractivity contribution in [2.24, 2.45) is 7.05 Å². The van der Waals surface area contributed by atoms with Gasteiger partial charge in [0.2, 0.25) is 0 Å². The van der Waals surface area contributed by atoms with Gasteiger partial charge in [-0.3, -0.25) is 10.1 Å². The summed E-state index contributed by atoms with van der Waals surface area (Å²) in [4.78, 5) is 10.7. The average Bonchev–Trinajstić information content (AvgIpc) is 2.51. The fourth-order valence-corrected chi connectivity index (χ4v) is 2.29. The zero-order valence-electron chi connectivity index (χ0n) is 9.65. The molecule has 2 rings (SSSR count). The number of hydrogen-bond acceptors (Lipinski definition) is 2. The van der Waals surface area contributed by atoms with E-state index in [2.05, 4.69) is 6.92 Å². The van der Waals surface area contributed by atoms with E-state index in [0.717, 1.165) is 23.0 Å². The van der Waals surface area contributed by atoms with Crippen LogP contribution in [0.2, 0.25) is 0 Å². The topological polar surface area (TPSA) is 48.1 Å². The molecule has 0 radical (unpaired) electrons. The number of benzene rings is 1. The van der Waals surface area contributed by atoms with Crippen LogP contribution in [-0.4, -0.2) is 9.49 Å². The van der Waals surface area contributed by atoms with E-state index >= 15 is 0 Å². The van der Waals surface area contributed by atoms with Gasteiger partial charge in [0.05, 0.1) is 4.92 Å². The highest BCUT2D eigenvalue weighted by Crippen LogP contribution is 2.31. The first-order valence-corrected chi connectivity index (χ1v) is 5.29. The molecule has 0 aliphatic carbocycles. The Hall–Kier alpha value is -1.84. The van der Waals surface area contributed by atoms with Gasteiger partial charge in [0, 0.05) is 24.2 Å². The maximum Gasteiger partial charge on any atom is 0.293 e. The number of hydrogen-bond donors (Lipinski definition) is 0. The molecule has 0 fully saturated rings. The molecule has 0 amide bonds. The lowest BCUT2D eigenvalue weighted by Gasteiger charge is -1.99. The van der Waals surface area contributed by atoms with E-state index in [-0.39, 0.29) is 10.6 Å². The quantitative estimate of drug-likeness (QED) is 0.574. The summed E-state index contributed by atoms with van der Waals surface area (Å²) in [6.45, 7) is 4.07. The number of rotatable bonds is 2. The summed E-state index contributed by atoms with van der Waals surface area (Å²) in [6.07, 6.45) is 0.893. The van der Waals surface area contributed by atoms with Crippen LogP contribution in [0.4, 0.5) is 5.69 Å². The van der Waals surface area contributed by atoms with Crippen LogP contribution < -0.4 is 0 Å². The van der Waals surface area contributed by atoms with Gasteiger partial charge in [-0.2, -0.15) is 0 Å². The Morgan fingerprint density at radius 1 is 1.44 bits per heavy atom. The standard InChI is InChI=1S/C12H14N2O2/c1-4-9-8(2)13(3)12-10(9)6-5-7-11(12)14(15)16/h5-7H,4H2,1-3H3. The molecule has 1 aromatic carbocycles. The van der Waals surface area contributed by atoms with Crippen LogP contribution in [0.3, 0.4) is 0 Å². The molecular weight excluding hydrogens is 204 g/mol. The van der Waals surface area contributed by atoms with Crippen LogP contribution in [0.1, 0.15) is 18.2 Å². The zero-order valence-corrected chi connectivity index (χ0v) is 9.65.